The second-order valence-corrected chi connectivity index (χ2v) is 8.01. The van der Waals surface area contributed by atoms with E-state index in [1.165, 1.54) is 24.5 Å². The number of oxazole rings is 1. The highest BCUT2D eigenvalue weighted by molar-refractivity contribution is 5.98. The summed E-state index contributed by atoms with van der Waals surface area (Å²) < 4.78 is 20.4. The van der Waals surface area contributed by atoms with Gasteiger partial charge >= 0.3 is 0 Å². The number of para-hydroxylation sites is 3. The van der Waals surface area contributed by atoms with E-state index in [0.717, 1.165) is 23.2 Å². The average molecular weight is 434 g/mol. The highest BCUT2D eigenvalue weighted by Crippen LogP contribution is 2.28. The van der Waals surface area contributed by atoms with Gasteiger partial charge in [0.25, 0.3) is 11.9 Å². The van der Waals surface area contributed by atoms with Crippen LogP contribution in [-0.2, 0) is 0 Å². The highest BCUT2D eigenvalue weighted by atomic mass is 19.1. The first kappa shape index (κ1) is 20.2. The maximum absolute atomic E-state index is 14.7. The number of fused-ring (bicyclic) bond motifs is 1. The summed E-state index contributed by atoms with van der Waals surface area (Å²) in [5, 5.41) is 11.3. The van der Waals surface area contributed by atoms with Crippen LogP contribution >= 0.6 is 0 Å². The number of carbonyl (C=O) groups excluding carboxylic acids is 1. The lowest BCUT2D eigenvalue weighted by molar-refractivity contribution is 0.0538. The first-order valence-corrected chi connectivity index (χ1v) is 10.7. The summed E-state index contributed by atoms with van der Waals surface area (Å²) in [5.74, 6) is -0.532. The number of nitrogens with one attached hydrogen (secondary N) is 1. The molecule has 0 aliphatic carbocycles. The minimum atomic E-state index is -0.543. The molecular formula is C23H23FN6O2. The van der Waals surface area contributed by atoms with E-state index in [9.17, 15) is 9.18 Å². The number of aromatic nitrogens is 4. The van der Waals surface area contributed by atoms with Crippen LogP contribution in [0, 0.1) is 11.7 Å². The van der Waals surface area contributed by atoms with Crippen molar-refractivity contribution in [1.29, 1.82) is 0 Å². The third kappa shape index (κ3) is 3.70. The van der Waals surface area contributed by atoms with E-state index in [0.29, 0.717) is 24.7 Å². The smallest absolute Gasteiger partial charge is 0.295 e. The van der Waals surface area contributed by atoms with Crippen molar-refractivity contribution < 1.29 is 13.6 Å². The molecule has 1 saturated heterocycles. The lowest BCUT2D eigenvalue weighted by Gasteiger charge is -2.40. The molecule has 32 heavy (non-hydrogen) atoms. The molecule has 164 valence electrons. The molecule has 1 amide bonds. The Kier molecular flexibility index (Phi) is 5.30. The van der Waals surface area contributed by atoms with Crippen molar-refractivity contribution in [3.05, 3.63) is 66.2 Å². The fourth-order valence-electron chi connectivity index (χ4n) is 4.33. The monoisotopic (exact) mass is 434 g/mol. The van der Waals surface area contributed by atoms with E-state index in [1.807, 2.05) is 29.2 Å². The first-order chi connectivity index (χ1) is 15.6. The van der Waals surface area contributed by atoms with Gasteiger partial charge in [-0.25, -0.2) is 4.39 Å². The predicted molar refractivity (Wildman–Crippen MR) is 117 cm³/mol. The van der Waals surface area contributed by atoms with Crippen LogP contribution < -0.4 is 5.32 Å². The molecule has 4 aromatic rings. The number of nitrogens with zero attached hydrogens (tertiary/aromatic N) is 5. The number of carbonyl (C=O) groups is 1. The number of piperidine rings is 1. The van der Waals surface area contributed by atoms with Gasteiger partial charge in [0.1, 0.15) is 11.2 Å². The lowest BCUT2D eigenvalue weighted by atomic mass is 9.90. The maximum atomic E-state index is 14.7. The van der Waals surface area contributed by atoms with Gasteiger partial charge in [-0.05, 0) is 43.0 Å². The van der Waals surface area contributed by atoms with Crippen LogP contribution in [0.3, 0.4) is 0 Å². The summed E-state index contributed by atoms with van der Waals surface area (Å²) in [6.45, 7) is 3.19. The number of likely N-dealkylation sites (tertiary alicyclic amines) is 1. The Bertz CT molecular complexity index is 1210. The summed E-state index contributed by atoms with van der Waals surface area (Å²) in [6, 6.07) is 12.3. The fourth-order valence-corrected chi connectivity index (χ4v) is 4.33. The van der Waals surface area contributed by atoms with Gasteiger partial charge in [-0.3, -0.25) is 4.79 Å². The Hall–Kier alpha value is -3.75. The van der Waals surface area contributed by atoms with Crippen molar-refractivity contribution in [1.82, 2.24) is 24.9 Å². The van der Waals surface area contributed by atoms with Gasteiger partial charge in [0.15, 0.2) is 11.4 Å². The number of hydrogen-bond acceptors (Lipinski definition) is 6. The van der Waals surface area contributed by atoms with Crippen LogP contribution in [0.4, 0.5) is 10.4 Å². The van der Waals surface area contributed by atoms with Gasteiger partial charge < -0.3 is 14.6 Å². The Morgan fingerprint density at radius 2 is 2.00 bits per heavy atom. The Morgan fingerprint density at radius 1 is 1.19 bits per heavy atom. The van der Waals surface area contributed by atoms with Gasteiger partial charge in [-0.1, -0.05) is 25.1 Å². The molecule has 8 nitrogen and oxygen atoms in total. The molecule has 5 rings (SSSR count). The summed E-state index contributed by atoms with van der Waals surface area (Å²) in [6.07, 6.45) is 4.80. The number of halogens is 1. The van der Waals surface area contributed by atoms with Crippen molar-refractivity contribution >= 4 is 23.0 Å². The third-order valence-corrected chi connectivity index (χ3v) is 5.97. The standard InChI is InChI=1S/C23H23FN6O2/c1-15-6-5-13-29(19(15)14-25-23-28-18-9-2-3-10-20(18)32-23)22(31)16-7-4-8-17(24)21(16)30-26-11-12-27-30/h2-4,7-12,15,19H,5-6,13-14H2,1H3,(H,25,28). The SMILES string of the molecule is CC1CCCN(C(=O)c2cccc(F)c2-n2nccn2)C1CNc1nc2ccccc2o1. The summed E-state index contributed by atoms with van der Waals surface area (Å²) >= 11 is 0. The lowest BCUT2D eigenvalue weighted by Crippen LogP contribution is -2.51. The second-order valence-electron chi connectivity index (χ2n) is 8.01. The Balaban J connectivity index is 1.41. The molecule has 2 atom stereocenters. The molecule has 0 radical (unpaired) electrons. The van der Waals surface area contributed by atoms with E-state index in [2.05, 4.69) is 27.4 Å². The highest BCUT2D eigenvalue weighted by Gasteiger charge is 2.34. The molecule has 0 saturated carbocycles. The maximum Gasteiger partial charge on any atom is 0.295 e. The van der Waals surface area contributed by atoms with Crippen molar-refractivity contribution in [3.63, 3.8) is 0 Å². The third-order valence-electron chi connectivity index (χ3n) is 5.97. The topological polar surface area (TPSA) is 89.1 Å². The number of anilines is 1. The Labute approximate surface area is 184 Å². The zero-order valence-corrected chi connectivity index (χ0v) is 17.6. The molecule has 9 heteroatoms. The van der Waals surface area contributed by atoms with Crippen LogP contribution in [0.5, 0.6) is 0 Å². The van der Waals surface area contributed by atoms with E-state index in [-0.39, 0.29) is 29.1 Å². The molecule has 1 fully saturated rings. The van der Waals surface area contributed by atoms with Gasteiger partial charge in [0, 0.05) is 13.1 Å². The fraction of sp³-hybridized carbons (Fsp3) is 0.304. The molecule has 0 spiro atoms. The van der Waals surface area contributed by atoms with Gasteiger partial charge in [0.05, 0.1) is 24.0 Å². The average Bonchev–Trinajstić information content (AvgIpc) is 3.47. The van der Waals surface area contributed by atoms with Crippen LogP contribution in [0.1, 0.15) is 30.1 Å². The van der Waals surface area contributed by atoms with E-state index < -0.39 is 5.82 Å². The van der Waals surface area contributed by atoms with Gasteiger partial charge in [-0.2, -0.15) is 15.2 Å². The van der Waals surface area contributed by atoms with E-state index in [1.54, 1.807) is 6.07 Å². The quantitative estimate of drug-likeness (QED) is 0.513. The summed E-state index contributed by atoms with van der Waals surface area (Å²) in [7, 11) is 0. The second kappa shape index (κ2) is 8.41. The minimum absolute atomic E-state index is 0.0615. The number of amides is 1. The van der Waals surface area contributed by atoms with Crippen LogP contribution in [0.2, 0.25) is 0 Å². The molecular weight excluding hydrogens is 411 g/mol. The first-order valence-electron chi connectivity index (χ1n) is 10.7. The van der Waals surface area contributed by atoms with Crippen molar-refractivity contribution in [2.45, 2.75) is 25.8 Å². The predicted octanol–water partition coefficient (Wildman–Crippen LogP) is 3.90. The number of benzene rings is 2. The van der Waals surface area contributed by atoms with Gasteiger partial charge in [-0.15, -0.1) is 4.80 Å². The van der Waals surface area contributed by atoms with Crippen molar-refractivity contribution in [2.24, 2.45) is 5.92 Å². The van der Waals surface area contributed by atoms with Crippen molar-refractivity contribution in [2.75, 3.05) is 18.4 Å². The largest absolute Gasteiger partial charge is 0.424 e. The molecule has 2 aromatic heterocycles. The number of hydrogen-bond donors (Lipinski definition) is 1. The van der Waals surface area contributed by atoms with E-state index in [4.69, 9.17) is 4.42 Å². The molecule has 1 aliphatic rings. The molecule has 2 unspecified atom stereocenters. The van der Waals surface area contributed by atoms with Crippen LogP contribution in [-0.4, -0.2) is 49.9 Å². The van der Waals surface area contributed by atoms with Crippen molar-refractivity contribution in [3.8, 4) is 5.69 Å². The Morgan fingerprint density at radius 3 is 2.81 bits per heavy atom. The zero-order chi connectivity index (χ0) is 22.1. The van der Waals surface area contributed by atoms with E-state index >= 15 is 0 Å². The number of rotatable bonds is 5. The summed E-state index contributed by atoms with van der Waals surface area (Å²) in [5.41, 5.74) is 1.78. The normalized spacial score (nSPS) is 18.8. The molecule has 2 aromatic carbocycles. The minimum Gasteiger partial charge on any atom is -0.424 e. The van der Waals surface area contributed by atoms with Crippen LogP contribution in [0.15, 0.2) is 59.3 Å². The van der Waals surface area contributed by atoms with Crippen LogP contribution in [0.25, 0.3) is 16.8 Å². The molecule has 3 heterocycles. The molecule has 1 N–H and O–H groups in total. The summed E-state index contributed by atoms with van der Waals surface area (Å²) in [4.78, 5) is 21.0. The zero-order valence-electron chi connectivity index (χ0n) is 17.6. The molecule has 1 aliphatic heterocycles. The van der Waals surface area contributed by atoms with Gasteiger partial charge in [0.2, 0.25) is 0 Å². The molecule has 0 bridgehead atoms.